The van der Waals surface area contributed by atoms with E-state index in [0.29, 0.717) is 0 Å². The number of hydrogen-bond donors (Lipinski definition) is 1. The SMILES string of the molecule is C=CCS(=O)(=O)O.CCCC[N+](CCCC)(CCCC)CCCC. The molecule has 5 heteroatoms. The van der Waals surface area contributed by atoms with E-state index in [1.807, 2.05) is 0 Å². The second-order valence-corrected chi connectivity index (χ2v) is 8.18. The van der Waals surface area contributed by atoms with Gasteiger partial charge in [0, 0.05) is 0 Å². The van der Waals surface area contributed by atoms with Gasteiger partial charge in [-0.3, -0.25) is 4.55 Å². The van der Waals surface area contributed by atoms with Crippen LogP contribution in [-0.2, 0) is 10.1 Å². The van der Waals surface area contributed by atoms with Crippen molar-refractivity contribution in [1.29, 1.82) is 0 Å². The Balaban J connectivity index is 0. The quantitative estimate of drug-likeness (QED) is 0.266. The van der Waals surface area contributed by atoms with Crippen molar-refractivity contribution in [3.8, 4) is 0 Å². The summed E-state index contributed by atoms with van der Waals surface area (Å²) in [7, 11) is -3.79. The Bertz CT molecular complexity index is 343. The lowest BCUT2D eigenvalue weighted by atomic mass is 10.1. The fourth-order valence-corrected chi connectivity index (χ4v) is 3.09. The minimum atomic E-state index is -3.79. The highest BCUT2D eigenvalue weighted by Gasteiger charge is 2.24. The zero-order valence-electron chi connectivity index (χ0n) is 16.6. The highest BCUT2D eigenvalue weighted by molar-refractivity contribution is 7.85. The summed E-state index contributed by atoms with van der Waals surface area (Å²) >= 11 is 0. The first-order chi connectivity index (χ1) is 11.3. The molecule has 0 radical (unpaired) electrons. The van der Waals surface area contributed by atoms with Crippen LogP contribution in [0, 0.1) is 0 Å². The molecule has 0 aliphatic heterocycles. The number of hydrogen-bond acceptors (Lipinski definition) is 2. The second kappa shape index (κ2) is 16.1. The predicted molar refractivity (Wildman–Crippen MR) is 106 cm³/mol. The van der Waals surface area contributed by atoms with Gasteiger partial charge in [-0.15, -0.1) is 6.58 Å². The lowest BCUT2D eigenvalue weighted by Gasteiger charge is -2.39. The van der Waals surface area contributed by atoms with Crippen molar-refractivity contribution in [3.05, 3.63) is 12.7 Å². The molecule has 0 aromatic carbocycles. The van der Waals surface area contributed by atoms with Crippen molar-refractivity contribution in [2.24, 2.45) is 0 Å². The number of unbranched alkanes of at least 4 members (excludes halogenated alkanes) is 4. The standard InChI is InChI=1S/C16H36N.C3H6O3S/c1-5-9-13-17(14-10-6-2,15-11-7-3)16-12-8-4;1-2-3-7(4,5)6/h5-16H2,1-4H3;2H,1,3H2,(H,4,5,6)/q+1;. The summed E-state index contributed by atoms with van der Waals surface area (Å²) in [5.41, 5.74) is 0. The highest BCUT2D eigenvalue weighted by Crippen LogP contribution is 2.16. The molecular weight excluding hydrogens is 322 g/mol. The lowest BCUT2D eigenvalue weighted by molar-refractivity contribution is -0.929. The fraction of sp³-hybridized carbons (Fsp3) is 0.895. The average Bonchev–Trinajstić information content (AvgIpc) is 2.53. The van der Waals surface area contributed by atoms with Crippen LogP contribution in [0.1, 0.15) is 79.1 Å². The van der Waals surface area contributed by atoms with E-state index in [1.165, 1.54) is 82.0 Å². The fourth-order valence-electron chi connectivity index (χ4n) is 2.79. The van der Waals surface area contributed by atoms with Crippen LogP contribution in [0.5, 0.6) is 0 Å². The molecule has 0 atom stereocenters. The number of rotatable bonds is 14. The van der Waals surface area contributed by atoms with Crippen LogP contribution in [-0.4, -0.2) is 49.4 Å². The molecule has 1 N–H and O–H groups in total. The minimum Gasteiger partial charge on any atom is -0.324 e. The van der Waals surface area contributed by atoms with E-state index in [2.05, 4.69) is 34.3 Å². The molecule has 24 heavy (non-hydrogen) atoms. The van der Waals surface area contributed by atoms with E-state index in [-0.39, 0.29) is 5.75 Å². The van der Waals surface area contributed by atoms with Gasteiger partial charge in [-0.05, 0) is 25.7 Å². The summed E-state index contributed by atoms with van der Waals surface area (Å²) in [6.45, 7) is 18.1. The first kappa shape index (κ1) is 25.8. The van der Waals surface area contributed by atoms with Crippen molar-refractivity contribution in [3.63, 3.8) is 0 Å². The van der Waals surface area contributed by atoms with E-state index < -0.39 is 10.1 Å². The van der Waals surface area contributed by atoms with Gasteiger partial charge in [-0.2, -0.15) is 8.42 Å². The highest BCUT2D eigenvalue weighted by atomic mass is 32.2. The van der Waals surface area contributed by atoms with E-state index >= 15 is 0 Å². The molecule has 0 saturated carbocycles. The van der Waals surface area contributed by atoms with Crippen LogP contribution in [0.2, 0.25) is 0 Å². The van der Waals surface area contributed by atoms with E-state index in [9.17, 15) is 8.42 Å². The first-order valence-corrected chi connectivity index (χ1v) is 11.3. The third-order valence-electron chi connectivity index (χ3n) is 4.27. The molecule has 0 bridgehead atoms. The molecule has 0 rings (SSSR count). The monoisotopic (exact) mass is 364 g/mol. The minimum absolute atomic E-state index is 0.368. The van der Waals surface area contributed by atoms with Gasteiger partial charge in [0.25, 0.3) is 10.1 Å². The molecule has 0 aromatic rings. The molecule has 4 nitrogen and oxygen atoms in total. The van der Waals surface area contributed by atoms with E-state index in [0.717, 1.165) is 6.08 Å². The Morgan fingerprint density at radius 1 is 0.792 bits per heavy atom. The molecule has 0 heterocycles. The average molecular weight is 365 g/mol. The van der Waals surface area contributed by atoms with Crippen LogP contribution < -0.4 is 0 Å². The molecule has 0 spiro atoms. The van der Waals surface area contributed by atoms with Gasteiger partial charge in [-0.25, -0.2) is 0 Å². The largest absolute Gasteiger partial charge is 0.324 e. The van der Waals surface area contributed by atoms with Crippen LogP contribution in [0.3, 0.4) is 0 Å². The van der Waals surface area contributed by atoms with Crippen LogP contribution in [0.25, 0.3) is 0 Å². The van der Waals surface area contributed by atoms with E-state index in [1.54, 1.807) is 0 Å². The Morgan fingerprint density at radius 3 is 1.21 bits per heavy atom. The van der Waals surface area contributed by atoms with Gasteiger partial charge < -0.3 is 4.48 Å². The van der Waals surface area contributed by atoms with Crippen LogP contribution in [0.4, 0.5) is 0 Å². The molecular formula is C19H42NO3S+. The van der Waals surface area contributed by atoms with Crippen molar-refractivity contribution in [2.75, 3.05) is 31.9 Å². The molecule has 0 amide bonds. The summed E-state index contributed by atoms with van der Waals surface area (Å²) in [4.78, 5) is 0. The molecule has 0 aromatic heterocycles. The Morgan fingerprint density at radius 2 is 1.08 bits per heavy atom. The Labute approximate surface area is 151 Å². The Kier molecular flexibility index (Phi) is 17.3. The first-order valence-electron chi connectivity index (χ1n) is 9.71. The van der Waals surface area contributed by atoms with Crippen molar-refractivity contribution >= 4 is 10.1 Å². The normalized spacial score (nSPS) is 11.7. The number of nitrogens with zero attached hydrogens (tertiary/aromatic N) is 1. The smallest absolute Gasteiger partial charge is 0.268 e. The number of quaternary nitrogens is 1. The molecule has 0 aliphatic rings. The van der Waals surface area contributed by atoms with Gasteiger partial charge in [0.05, 0.1) is 31.9 Å². The summed E-state index contributed by atoms with van der Waals surface area (Å²) in [5.74, 6) is -0.368. The van der Waals surface area contributed by atoms with Gasteiger partial charge >= 0.3 is 0 Å². The molecule has 146 valence electrons. The van der Waals surface area contributed by atoms with Gasteiger partial charge in [-0.1, -0.05) is 59.5 Å². The molecule has 0 aliphatic carbocycles. The van der Waals surface area contributed by atoms with E-state index in [4.69, 9.17) is 4.55 Å². The maximum Gasteiger partial charge on any atom is 0.268 e. The summed E-state index contributed by atoms with van der Waals surface area (Å²) in [5, 5.41) is 0. The topological polar surface area (TPSA) is 54.4 Å². The zero-order chi connectivity index (χ0) is 18.9. The van der Waals surface area contributed by atoms with Crippen molar-refractivity contribution in [2.45, 2.75) is 79.1 Å². The second-order valence-electron chi connectivity index (χ2n) is 6.69. The maximum atomic E-state index is 9.72. The Hall–Kier alpha value is -0.390. The third-order valence-corrected chi connectivity index (χ3v) is 4.93. The predicted octanol–water partition coefficient (Wildman–Crippen LogP) is 5.06. The molecule has 0 fully saturated rings. The summed E-state index contributed by atoms with van der Waals surface area (Å²) in [6.07, 6.45) is 12.2. The van der Waals surface area contributed by atoms with Crippen LogP contribution >= 0.6 is 0 Å². The van der Waals surface area contributed by atoms with Crippen LogP contribution in [0.15, 0.2) is 12.7 Å². The van der Waals surface area contributed by atoms with Gasteiger partial charge in [0.1, 0.15) is 0 Å². The summed E-state index contributed by atoms with van der Waals surface area (Å²) in [6, 6.07) is 0. The van der Waals surface area contributed by atoms with Gasteiger partial charge in [0.15, 0.2) is 0 Å². The zero-order valence-corrected chi connectivity index (χ0v) is 17.4. The van der Waals surface area contributed by atoms with Gasteiger partial charge in [0.2, 0.25) is 0 Å². The van der Waals surface area contributed by atoms with Crippen molar-refractivity contribution < 1.29 is 17.5 Å². The third kappa shape index (κ3) is 16.5. The molecule has 0 unspecified atom stereocenters. The maximum absolute atomic E-state index is 9.72. The van der Waals surface area contributed by atoms with Crippen molar-refractivity contribution in [1.82, 2.24) is 0 Å². The summed E-state index contributed by atoms with van der Waals surface area (Å²) < 4.78 is 28.8. The molecule has 0 saturated heterocycles. The lowest BCUT2D eigenvalue weighted by Crippen LogP contribution is -2.50.